The van der Waals surface area contributed by atoms with Gasteiger partial charge in [-0.05, 0) is 42.5 Å². The molecule has 1 fully saturated rings. The molecular weight excluding hydrogens is 426 g/mol. The molecule has 156 valence electrons. The number of thiophene rings is 1. The van der Waals surface area contributed by atoms with Crippen molar-refractivity contribution >= 4 is 38.3 Å². The Bertz CT molecular complexity index is 1330. The number of aromatic nitrogens is 3. The molecule has 0 aliphatic carbocycles. The first-order chi connectivity index (χ1) is 14.5. The van der Waals surface area contributed by atoms with Crippen LogP contribution in [0.25, 0.3) is 21.7 Å². The Labute approximate surface area is 175 Å². The molecule has 3 N–H and O–H groups in total. The summed E-state index contributed by atoms with van der Waals surface area (Å²) in [4.78, 5) is 17.1. The summed E-state index contributed by atoms with van der Waals surface area (Å²) in [5.41, 5.74) is 1.67. The second-order valence-corrected chi connectivity index (χ2v) is 9.83. The summed E-state index contributed by atoms with van der Waals surface area (Å²) in [6, 6.07) is 10.2. The Morgan fingerprint density at radius 2 is 2.03 bits per heavy atom. The van der Waals surface area contributed by atoms with E-state index in [4.69, 9.17) is 4.42 Å². The van der Waals surface area contributed by atoms with E-state index in [0.29, 0.717) is 37.0 Å². The second-order valence-electron chi connectivity index (χ2n) is 7.17. The monoisotopic (exact) mass is 445 g/mol. The number of hydrogen-bond donors (Lipinski definition) is 3. The lowest BCUT2D eigenvalue weighted by atomic mass is 10.1. The van der Waals surface area contributed by atoms with E-state index >= 15 is 0 Å². The number of oxazole rings is 1. The normalized spacial score (nSPS) is 15.8. The standard InChI is InChI=1S/C19H19N5O4S2/c25-19-20-14-10-13(3-4-16(14)28-19)30(26,27)23-12-5-7-24(8-6-12)18-11-15(21-22-18)17-2-1-9-29-17/h1-4,9-12,23H,5-8H2,(H,20,25)(H,21,22). The van der Waals surface area contributed by atoms with Gasteiger partial charge in [0.25, 0.3) is 0 Å². The lowest BCUT2D eigenvalue weighted by Gasteiger charge is -2.32. The highest BCUT2D eigenvalue weighted by molar-refractivity contribution is 7.89. The Kier molecular flexibility index (Phi) is 4.72. The number of rotatable bonds is 5. The minimum absolute atomic E-state index is 0.0994. The predicted molar refractivity (Wildman–Crippen MR) is 114 cm³/mol. The zero-order valence-corrected chi connectivity index (χ0v) is 17.4. The van der Waals surface area contributed by atoms with Gasteiger partial charge in [-0.15, -0.1) is 11.3 Å². The van der Waals surface area contributed by atoms with E-state index in [2.05, 4.69) is 24.8 Å². The quantitative estimate of drug-likeness (QED) is 0.434. The van der Waals surface area contributed by atoms with Crippen LogP contribution in [0.1, 0.15) is 12.8 Å². The number of benzene rings is 1. The molecule has 1 aromatic carbocycles. The second kappa shape index (κ2) is 7.42. The Morgan fingerprint density at radius 3 is 2.80 bits per heavy atom. The number of H-pyrrole nitrogens is 2. The summed E-state index contributed by atoms with van der Waals surface area (Å²) in [7, 11) is -3.70. The minimum Gasteiger partial charge on any atom is -0.408 e. The van der Waals surface area contributed by atoms with Crippen LogP contribution in [0.3, 0.4) is 0 Å². The van der Waals surface area contributed by atoms with E-state index in [1.807, 2.05) is 23.6 Å². The van der Waals surface area contributed by atoms with Gasteiger partial charge in [0, 0.05) is 25.2 Å². The van der Waals surface area contributed by atoms with E-state index in [1.165, 1.54) is 18.2 Å². The number of nitrogens with one attached hydrogen (secondary N) is 3. The zero-order chi connectivity index (χ0) is 20.7. The van der Waals surface area contributed by atoms with Gasteiger partial charge in [-0.25, -0.2) is 17.9 Å². The summed E-state index contributed by atoms with van der Waals surface area (Å²) in [5.74, 6) is 0.259. The molecular formula is C19H19N5O4S2. The van der Waals surface area contributed by atoms with Crippen LogP contribution in [0.15, 0.2) is 55.9 Å². The lowest BCUT2D eigenvalue weighted by Crippen LogP contribution is -2.44. The van der Waals surface area contributed by atoms with Gasteiger partial charge in [-0.3, -0.25) is 10.1 Å². The fraction of sp³-hybridized carbons (Fsp3) is 0.263. The third kappa shape index (κ3) is 3.66. The number of nitrogens with zero attached hydrogens (tertiary/aromatic N) is 2. The van der Waals surface area contributed by atoms with E-state index in [1.54, 1.807) is 11.3 Å². The third-order valence-electron chi connectivity index (χ3n) is 5.19. The van der Waals surface area contributed by atoms with Crippen molar-refractivity contribution in [2.24, 2.45) is 0 Å². The molecule has 1 saturated heterocycles. The van der Waals surface area contributed by atoms with Gasteiger partial charge in [-0.2, -0.15) is 5.10 Å². The lowest BCUT2D eigenvalue weighted by molar-refractivity contribution is 0.458. The van der Waals surface area contributed by atoms with Crippen LogP contribution < -0.4 is 15.4 Å². The molecule has 0 spiro atoms. The maximum Gasteiger partial charge on any atom is 0.417 e. The molecule has 1 aliphatic rings. The highest BCUT2D eigenvalue weighted by Gasteiger charge is 2.26. The Hall–Kier alpha value is -2.89. The molecule has 0 unspecified atom stereocenters. The molecule has 0 atom stereocenters. The van der Waals surface area contributed by atoms with Crippen molar-refractivity contribution in [1.82, 2.24) is 19.9 Å². The highest BCUT2D eigenvalue weighted by Crippen LogP contribution is 2.27. The maximum atomic E-state index is 12.8. The number of hydrogen-bond acceptors (Lipinski definition) is 7. The van der Waals surface area contributed by atoms with Crippen molar-refractivity contribution < 1.29 is 12.8 Å². The highest BCUT2D eigenvalue weighted by atomic mass is 32.2. The first kappa shape index (κ1) is 19.1. The van der Waals surface area contributed by atoms with Gasteiger partial charge in [0.05, 0.1) is 21.0 Å². The van der Waals surface area contributed by atoms with Gasteiger partial charge in [0.1, 0.15) is 0 Å². The molecule has 4 heterocycles. The van der Waals surface area contributed by atoms with Crippen LogP contribution in [0, 0.1) is 0 Å². The van der Waals surface area contributed by atoms with Crippen molar-refractivity contribution in [3.8, 4) is 10.6 Å². The third-order valence-corrected chi connectivity index (χ3v) is 7.61. The van der Waals surface area contributed by atoms with E-state index in [-0.39, 0.29) is 10.9 Å². The molecule has 11 heteroatoms. The first-order valence-electron chi connectivity index (χ1n) is 9.47. The Balaban J connectivity index is 1.24. The summed E-state index contributed by atoms with van der Waals surface area (Å²) in [5, 5.41) is 9.50. The zero-order valence-electron chi connectivity index (χ0n) is 15.8. The fourth-order valence-electron chi connectivity index (χ4n) is 3.64. The Morgan fingerprint density at radius 1 is 1.20 bits per heavy atom. The van der Waals surface area contributed by atoms with Crippen molar-refractivity contribution in [1.29, 1.82) is 0 Å². The van der Waals surface area contributed by atoms with E-state index in [0.717, 1.165) is 16.4 Å². The van der Waals surface area contributed by atoms with Crippen LogP contribution in [-0.2, 0) is 10.0 Å². The first-order valence-corrected chi connectivity index (χ1v) is 11.8. The average molecular weight is 446 g/mol. The van der Waals surface area contributed by atoms with Crippen LogP contribution in [0.4, 0.5) is 5.82 Å². The SMILES string of the molecule is O=c1[nH]c2cc(S(=O)(=O)NC3CCN(c4cc(-c5cccs5)[nH]n4)CC3)ccc2o1. The van der Waals surface area contributed by atoms with Crippen molar-refractivity contribution in [3.05, 3.63) is 52.3 Å². The average Bonchev–Trinajstić information content (AvgIpc) is 3.47. The number of aromatic amines is 2. The molecule has 0 saturated carbocycles. The molecule has 1 aliphatic heterocycles. The van der Waals surface area contributed by atoms with Crippen LogP contribution in [0.5, 0.6) is 0 Å². The predicted octanol–water partition coefficient (Wildman–Crippen LogP) is 2.52. The van der Waals surface area contributed by atoms with Gasteiger partial charge in [-0.1, -0.05) is 6.07 Å². The number of fused-ring (bicyclic) bond motifs is 1. The van der Waals surface area contributed by atoms with Gasteiger partial charge < -0.3 is 9.32 Å². The summed E-state index contributed by atoms with van der Waals surface area (Å²) >= 11 is 1.65. The maximum absolute atomic E-state index is 12.8. The topological polar surface area (TPSA) is 124 Å². The van der Waals surface area contributed by atoms with Crippen molar-refractivity contribution in [2.75, 3.05) is 18.0 Å². The molecule has 3 aromatic heterocycles. The minimum atomic E-state index is -3.70. The van der Waals surface area contributed by atoms with Crippen LogP contribution in [0.2, 0.25) is 0 Å². The van der Waals surface area contributed by atoms with Crippen molar-refractivity contribution in [2.45, 2.75) is 23.8 Å². The summed E-state index contributed by atoms with van der Waals surface area (Å²) in [6.45, 7) is 1.41. The fourth-order valence-corrected chi connectivity index (χ4v) is 5.67. The molecule has 0 amide bonds. The van der Waals surface area contributed by atoms with E-state index in [9.17, 15) is 13.2 Å². The largest absolute Gasteiger partial charge is 0.417 e. The molecule has 5 rings (SSSR count). The van der Waals surface area contributed by atoms with E-state index < -0.39 is 15.8 Å². The smallest absolute Gasteiger partial charge is 0.408 e. The molecule has 0 bridgehead atoms. The number of sulfonamides is 1. The molecule has 9 nitrogen and oxygen atoms in total. The van der Waals surface area contributed by atoms with Gasteiger partial charge in [0.2, 0.25) is 10.0 Å². The van der Waals surface area contributed by atoms with Gasteiger partial charge in [0.15, 0.2) is 11.4 Å². The van der Waals surface area contributed by atoms with Crippen LogP contribution in [-0.4, -0.2) is 42.7 Å². The summed E-state index contributed by atoms with van der Waals surface area (Å²) < 4.78 is 33.3. The molecule has 0 radical (unpaired) electrons. The van der Waals surface area contributed by atoms with Crippen molar-refractivity contribution in [3.63, 3.8) is 0 Å². The number of anilines is 1. The number of piperidine rings is 1. The van der Waals surface area contributed by atoms with Gasteiger partial charge >= 0.3 is 5.76 Å². The molecule has 30 heavy (non-hydrogen) atoms. The summed E-state index contributed by atoms with van der Waals surface area (Å²) in [6.07, 6.45) is 1.34. The van der Waals surface area contributed by atoms with Crippen LogP contribution >= 0.6 is 11.3 Å². The molecule has 4 aromatic rings.